The molecule has 0 saturated heterocycles. The van der Waals surface area contributed by atoms with Crippen LogP contribution in [0.5, 0.6) is 0 Å². The topological polar surface area (TPSA) is 75.6 Å². The molecule has 90 valence electrons. The summed E-state index contributed by atoms with van der Waals surface area (Å²) < 4.78 is 5.26. The van der Waals surface area contributed by atoms with Gasteiger partial charge in [-0.1, -0.05) is 28.6 Å². The van der Waals surface area contributed by atoms with Gasteiger partial charge in [-0.2, -0.15) is 0 Å². The van der Waals surface area contributed by atoms with Crippen LogP contribution in [-0.2, 0) is 4.74 Å². The molecular formula is C11H10BrNO4. The van der Waals surface area contributed by atoms with Crippen molar-refractivity contribution in [3.05, 3.63) is 40.9 Å². The van der Waals surface area contributed by atoms with Crippen LogP contribution in [0.4, 0.5) is 10.5 Å². The van der Waals surface area contributed by atoms with Crippen LogP contribution in [-0.4, -0.2) is 23.8 Å². The lowest BCUT2D eigenvalue weighted by Gasteiger charge is -2.06. The fraction of sp³-hybridized carbons (Fsp3) is 0.0909. The van der Waals surface area contributed by atoms with Crippen molar-refractivity contribution in [2.45, 2.75) is 0 Å². The summed E-state index contributed by atoms with van der Waals surface area (Å²) in [7, 11) is 0. The second-order valence-electron chi connectivity index (χ2n) is 3.05. The largest absolute Gasteiger partial charge is 0.478 e. The number of ether oxygens (including phenoxy) is 1. The van der Waals surface area contributed by atoms with Crippen molar-refractivity contribution in [3.63, 3.8) is 0 Å². The Kier molecular flexibility index (Phi) is 4.71. The van der Waals surface area contributed by atoms with Crippen molar-refractivity contribution in [2.75, 3.05) is 11.9 Å². The van der Waals surface area contributed by atoms with Crippen molar-refractivity contribution in [3.8, 4) is 0 Å². The van der Waals surface area contributed by atoms with E-state index in [2.05, 4.69) is 27.8 Å². The van der Waals surface area contributed by atoms with Gasteiger partial charge in [0.25, 0.3) is 0 Å². The Bertz CT molecular complexity index is 459. The molecule has 0 aliphatic carbocycles. The molecule has 0 fully saturated rings. The number of rotatable bonds is 4. The number of carboxylic acids is 1. The minimum atomic E-state index is -1.08. The summed E-state index contributed by atoms with van der Waals surface area (Å²) >= 11 is 3.15. The van der Waals surface area contributed by atoms with E-state index in [0.717, 1.165) is 0 Å². The predicted molar refractivity (Wildman–Crippen MR) is 66.3 cm³/mol. The van der Waals surface area contributed by atoms with Gasteiger partial charge in [-0.15, -0.1) is 0 Å². The van der Waals surface area contributed by atoms with Gasteiger partial charge in [0.15, 0.2) is 0 Å². The summed E-state index contributed by atoms with van der Waals surface area (Å²) in [5.41, 5.74) is 0.407. The highest BCUT2D eigenvalue weighted by molar-refractivity contribution is 9.10. The lowest BCUT2D eigenvalue weighted by Crippen LogP contribution is -2.14. The van der Waals surface area contributed by atoms with Crippen molar-refractivity contribution in [1.82, 2.24) is 0 Å². The van der Waals surface area contributed by atoms with E-state index in [1.54, 1.807) is 6.07 Å². The number of benzene rings is 1. The molecule has 17 heavy (non-hydrogen) atoms. The molecule has 1 aromatic carbocycles. The normalized spacial score (nSPS) is 9.47. The molecule has 1 amide bonds. The van der Waals surface area contributed by atoms with E-state index in [1.807, 2.05) is 0 Å². The molecule has 0 atom stereocenters. The Morgan fingerprint density at radius 1 is 1.47 bits per heavy atom. The third-order valence-corrected chi connectivity index (χ3v) is 2.18. The van der Waals surface area contributed by atoms with Crippen LogP contribution in [0.1, 0.15) is 10.4 Å². The van der Waals surface area contributed by atoms with E-state index in [1.165, 1.54) is 18.2 Å². The Balaban J connectivity index is 2.80. The predicted octanol–water partition coefficient (Wildman–Crippen LogP) is 2.88. The zero-order valence-electron chi connectivity index (χ0n) is 8.77. The van der Waals surface area contributed by atoms with Gasteiger partial charge in [0.05, 0.1) is 5.56 Å². The zero-order chi connectivity index (χ0) is 12.8. The van der Waals surface area contributed by atoms with Crippen molar-refractivity contribution in [2.24, 2.45) is 0 Å². The highest BCUT2D eigenvalue weighted by Gasteiger charge is 2.08. The molecule has 0 heterocycles. The number of carboxylic acid groups (broad SMARTS) is 1. The smallest absolute Gasteiger partial charge is 0.411 e. The van der Waals surface area contributed by atoms with Crippen LogP contribution in [0, 0.1) is 0 Å². The minimum Gasteiger partial charge on any atom is -0.478 e. The Morgan fingerprint density at radius 3 is 2.76 bits per heavy atom. The summed E-state index contributed by atoms with van der Waals surface area (Å²) in [4.78, 5) is 22.0. The van der Waals surface area contributed by atoms with Crippen molar-refractivity contribution in [1.29, 1.82) is 0 Å². The molecular weight excluding hydrogens is 290 g/mol. The van der Waals surface area contributed by atoms with Crippen LogP contribution in [0.15, 0.2) is 35.3 Å². The molecule has 2 N–H and O–H groups in total. The lowest BCUT2D eigenvalue weighted by atomic mass is 10.2. The SMILES string of the molecule is C=CCOC(=O)Nc1cc(Br)cc(C(=O)O)c1. The van der Waals surface area contributed by atoms with Crippen LogP contribution < -0.4 is 5.32 Å². The first kappa shape index (κ1) is 13.2. The average Bonchev–Trinajstić information content (AvgIpc) is 2.25. The number of anilines is 1. The van der Waals surface area contributed by atoms with Crippen LogP contribution >= 0.6 is 15.9 Å². The van der Waals surface area contributed by atoms with Gasteiger partial charge in [0.1, 0.15) is 6.61 Å². The molecule has 0 aromatic heterocycles. The number of carbonyl (C=O) groups excluding carboxylic acids is 1. The zero-order valence-corrected chi connectivity index (χ0v) is 10.4. The molecule has 0 unspecified atom stereocenters. The van der Waals surface area contributed by atoms with Gasteiger partial charge >= 0.3 is 12.1 Å². The lowest BCUT2D eigenvalue weighted by molar-refractivity contribution is 0.0696. The summed E-state index contributed by atoms with van der Waals surface area (Å²) in [5, 5.41) is 11.2. The number of aromatic carboxylic acids is 1. The fourth-order valence-electron chi connectivity index (χ4n) is 1.07. The number of halogens is 1. The Hall–Kier alpha value is -1.82. The summed E-state index contributed by atoms with van der Waals surface area (Å²) in [6.07, 6.45) is 0.766. The number of carbonyl (C=O) groups is 2. The quantitative estimate of drug-likeness (QED) is 0.838. The third kappa shape index (κ3) is 4.28. The summed E-state index contributed by atoms with van der Waals surface area (Å²) in [6, 6.07) is 4.34. The second-order valence-corrected chi connectivity index (χ2v) is 3.96. The fourth-order valence-corrected chi connectivity index (χ4v) is 1.57. The van der Waals surface area contributed by atoms with E-state index < -0.39 is 12.1 Å². The molecule has 1 rings (SSSR count). The number of hydrogen-bond donors (Lipinski definition) is 2. The Morgan fingerprint density at radius 2 is 2.18 bits per heavy atom. The maximum atomic E-state index is 11.2. The van der Waals surface area contributed by atoms with Gasteiger partial charge in [0, 0.05) is 10.2 Å². The summed E-state index contributed by atoms with van der Waals surface area (Å²) in [5.74, 6) is -1.08. The number of amides is 1. The first-order valence-electron chi connectivity index (χ1n) is 4.61. The molecule has 0 saturated carbocycles. The second kappa shape index (κ2) is 6.05. The highest BCUT2D eigenvalue weighted by Crippen LogP contribution is 2.19. The molecule has 0 aliphatic rings. The first-order valence-corrected chi connectivity index (χ1v) is 5.41. The van der Waals surface area contributed by atoms with Gasteiger partial charge in [-0.05, 0) is 18.2 Å². The van der Waals surface area contributed by atoms with Crippen molar-refractivity contribution >= 4 is 33.7 Å². The molecule has 0 radical (unpaired) electrons. The van der Waals surface area contributed by atoms with Crippen molar-refractivity contribution < 1.29 is 19.4 Å². The van der Waals surface area contributed by atoms with E-state index in [0.29, 0.717) is 10.2 Å². The maximum absolute atomic E-state index is 11.2. The van der Waals surface area contributed by atoms with E-state index in [-0.39, 0.29) is 12.2 Å². The molecule has 0 aliphatic heterocycles. The molecule has 0 bridgehead atoms. The maximum Gasteiger partial charge on any atom is 0.411 e. The first-order chi connectivity index (χ1) is 8.02. The number of hydrogen-bond acceptors (Lipinski definition) is 3. The van der Waals surface area contributed by atoms with Gasteiger partial charge in [0.2, 0.25) is 0 Å². The van der Waals surface area contributed by atoms with Gasteiger partial charge < -0.3 is 9.84 Å². The monoisotopic (exact) mass is 299 g/mol. The van der Waals surface area contributed by atoms with E-state index in [9.17, 15) is 9.59 Å². The third-order valence-electron chi connectivity index (χ3n) is 1.72. The van der Waals surface area contributed by atoms with Crippen LogP contribution in [0.25, 0.3) is 0 Å². The number of nitrogens with one attached hydrogen (secondary N) is 1. The standard InChI is InChI=1S/C11H10BrNO4/c1-2-3-17-11(16)13-9-5-7(10(14)15)4-8(12)6-9/h2,4-6H,1,3H2,(H,13,16)(H,14,15). The average molecular weight is 300 g/mol. The molecule has 6 heteroatoms. The van der Waals surface area contributed by atoms with Crippen LogP contribution in [0.2, 0.25) is 0 Å². The van der Waals surface area contributed by atoms with Gasteiger partial charge in [-0.3, -0.25) is 5.32 Å². The van der Waals surface area contributed by atoms with Gasteiger partial charge in [-0.25, -0.2) is 9.59 Å². The molecule has 0 spiro atoms. The molecule has 1 aromatic rings. The van der Waals surface area contributed by atoms with E-state index in [4.69, 9.17) is 9.84 Å². The molecule has 5 nitrogen and oxygen atoms in total. The minimum absolute atomic E-state index is 0.0680. The van der Waals surface area contributed by atoms with Crippen LogP contribution in [0.3, 0.4) is 0 Å². The highest BCUT2D eigenvalue weighted by atomic mass is 79.9. The Labute approximate surface area is 106 Å². The van der Waals surface area contributed by atoms with E-state index >= 15 is 0 Å². The summed E-state index contributed by atoms with van der Waals surface area (Å²) in [6.45, 7) is 3.49.